The second kappa shape index (κ2) is 7.47. The highest BCUT2D eigenvalue weighted by Crippen LogP contribution is 2.10. The lowest BCUT2D eigenvalue weighted by Gasteiger charge is -2.08. The third kappa shape index (κ3) is 4.95. The Bertz CT molecular complexity index is 572. The molecular formula is C16H23N5. The summed E-state index contributed by atoms with van der Waals surface area (Å²) in [7, 11) is 0. The summed E-state index contributed by atoms with van der Waals surface area (Å²) in [6.07, 6.45) is 4.77. The molecule has 0 fully saturated rings. The molecule has 0 aliphatic rings. The molecule has 3 N–H and O–H groups in total. The number of aliphatic imine (C=N–C) groups is 1. The van der Waals surface area contributed by atoms with Crippen LogP contribution in [0.4, 0.5) is 0 Å². The van der Waals surface area contributed by atoms with Crippen LogP contribution in [0, 0.1) is 5.92 Å². The molecule has 0 bridgehead atoms. The Kier molecular flexibility index (Phi) is 5.37. The van der Waals surface area contributed by atoms with E-state index in [2.05, 4.69) is 35.3 Å². The zero-order valence-electron chi connectivity index (χ0n) is 12.7. The standard InChI is InChI=1S/C16H23N5/c1-13(2)7-9-18-16(17)19-12-14-5-3-6-15(11-14)21-10-4-8-20-21/h3-6,8,10-11,13H,7,9,12H2,1-2H3,(H3,17,18,19). The fourth-order valence-electron chi connectivity index (χ4n) is 1.94. The van der Waals surface area contributed by atoms with Crippen LogP contribution in [0.25, 0.3) is 5.69 Å². The van der Waals surface area contributed by atoms with Crippen LogP contribution in [0.15, 0.2) is 47.7 Å². The molecule has 0 radical (unpaired) electrons. The lowest BCUT2D eigenvalue weighted by atomic mass is 10.1. The molecule has 5 heteroatoms. The van der Waals surface area contributed by atoms with Crippen molar-refractivity contribution in [3.8, 4) is 5.69 Å². The second-order valence-electron chi connectivity index (χ2n) is 5.43. The van der Waals surface area contributed by atoms with Gasteiger partial charge < -0.3 is 11.1 Å². The van der Waals surface area contributed by atoms with Gasteiger partial charge in [0, 0.05) is 18.9 Å². The van der Waals surface area contributed by atoms with E-state index in [9.17, 15) is 0 Å². The van der Waals surface area contributed by atoms with Crippen LogP contribution < -0.4 is 11.1 Å². The molecule has 1 aromatic heterocycles. The number of nitrogens with two attached hydrogens (primary N) is 1. The summed E-state index contributed by atoms with van der Waals surface area (Å²) in [5.41, 5.74) is 8.00. The minimum Gasteiger partial charge on any atom is -0.370 e. The van der Waals surface area contributed by atoms with Crippen molar-refractivity contribution >= 4 is 5.96 Å². The molecule has 21 heavy (non-hydrogen) atoms. The van der Waals surface area contributed by atoms with Crippen LogP contribution >= 0.6 is 0 Å². The highest BCUT2D eigenvalue weighted by molar-refractivity contribution is 5.77. The van der Waals surface area contributed by atoms with Crippen molar-refractivity contribution in [3.63, 3.8) is 0 Å². The Balaban J connectivity index is 1.92. The van der Waals surface area contributed by atoms with Crippen LogP contribution in [0.5, 0.6) is 0 Å². The third-order valence-corrected chi connectivity index (χ3v) is 3.14. The zero-order chi connectivity index (χ0) is 15.1. The molecule has 1 heterocycles. The summed E-state index contributed by atoms with van der Waals surface area (Å²) in [5, 5.41) is 7.36. The van der Waals surface area contributed by atoms with Gasteiger partial charge in [0.1, 0.15) is 0 Å². The summed E-state index contributed by atoms with van der Waals surface area (Å²) in [6.45, 7) is 5.81. The van der Waals surface area contributed by atoms with Crippen molar-refractivity contribution in [1.29, 1.82) is 0 Å². The maximum atomic E-state index is 5.86. The topological polar surface area (TPSA) is 68.2 Å². The number of guanidine groups is 1. The summed E-state index contributed by atoms with van der Waals surface area (Å²) in [5.74, 6) is 1.16. The predicted molar refractivity (Wildman–Crippen MR) is 86.3 cm³/mol. The number of aromatic nitrogens is 2. The van der Waals surface area contributed by atoms with Gasteiger partial charge in [-0.25, -0.2) is 9.67 Å². The first kappa shape index (κ1) is 15.1. The molecule has 1 aromatic carbocycles. The summed E-state index contributed by atoms with van der Waals surface area (Å²) in [6, 6.07) is 10.0. The van der Waals surface area contributed by atoms with Gasteiger partial charge in [-0.15, -0.1) is 0 Å². The van der Waals surface area contributed by atoms with E-state index in [1.807, 2.05) is 35.1 Å². The van der Waals surface area contributed by atoms with Gasteiger partial charge in [0.25, 0.3) is 0 Å². The van der Waals surface area contributed by atoms with Gasteiger partial charge in [-0.2, -0.15) is 5.10 Å². The van der Waals surface area contributed by atoms with E-state index in [1.165, 1.54) is 0 Å². The quantitative estimate of drug-likeness (QED) is 0.632. The average Bonchev–Trinajstić information content (AvgIpc) is 2.99. The monoisotopic (exact) mass is 285 g/mol. The first-order valence-corrected chi connectivity index (χ1v) is 7.28. The fourth-order valence-corrected chi connectivity index (χ4v) is 1.94. The largest absolute Gasteiger partial charge is 0.370 e. The molecule has 2 aromatic rings. The SMILES string of the molecule is CC(C)CCNC(N)=NCc1cccc(-n2cccn2)c1. The molecule has 0 aliphatic heterocycles. The molecule has 2 rings (SSSR count). The maximum Gasteiger partial charge on any atom is 0.188 e. The normalized spacial score (nSPS) is 11.9. The van der Waals surface area contributed by atoms with Gasteiger partial charge in [0.2, 0.25) is 0 Å². The van der Waals surface area contributed by atoms with Crippen molar-refractivity contribution in [1.82, 2.24) is 15.1 Å². The molecule has 0 saturated carbocycles. The Labute approximate surface area is 125 Å². The fraction of sp³-hybridized carbons (Fsp3) is 0.375. The van der Waals surface area contributed by atoms with E-state index >= 15 is 0 Å². The lowest BCUT2D eigenvalue weighted by molar-refractivity contribution is 0.576. The van der Waals surface area contributed by atoms with Crippen molar-refractivity contribution < 1.29 is 0 Å². The van der Waals surface area contributed by atoms with Gasteiger partial charge in [0.15, 0.2) is 5.96 Å². The molecule has 0 spiro atoms. The summed E-state index contributed by atoms with van der Waals surface area (Å²) < 4.78 is 1.83. The first-order valence-electron chi connectivity index (χ1n) is 7.28. The van der Waals surface area contributed by atoms with Gasteiger partial charge >= 0.3 is 0 Å². The van der Waals surface area contributed by atoms with Gasteiger partial charge in [-0.1, -0.05) is 26.0 Å². The van der Waals surface area contributed by atoms with E-state index in [1.54, 1.807) is 6.20 Å². The van der Waals surface area contributed by atoms with Crippen LogP contribution in [-0.4, -0.2) is 22.3 Å². The Morgan fingerprint density at radius 3 is 2.95 bits per heavy atom. The minimum atomic E-state index is 0.500. The Morgan fingerprint density at radius 1 is 1.38 bits per heavy atom. The average molecular weight is 285 g/mol. The Hall–Kier alpha value is -2.30. The van der Waals surface area contributed by atoms with Crippen LogP contribution in [-0.2, 0) is 6.54 Å². The molecule has 0 atom stereocenters. The van der Waals surface area contributed by atoms with E-state index in [-0.39, 0.29) is 0 Å². The van der Waals surface area contributed by atoms with Crippen molar-refractivity contribution in [2.45, 2.75) is 26.8 Å². The Morgan fingerprint density at radius 2 is 2.24 bits per heavy atom. The number of nitrogens with one attached hydrogen (secondary N) is 1. The van der Waals surface area contributed by atoms with E-state index in [4.69, 9.17) is 5.73 Å². The number of rotatable bonds is 6. The highest BCUT2D eigenvalue weighted by atomic mass is 15.3. The number of benzene rings is 1. The lowest BCUT2D eigenvalue weighted by Crippen LogP contribution is -2.32. The summed E-state index contributed by atoms with van der Waals surface area (Å²) >= 11 is 0. The van der Waals surface area contributed by atoms with Crippen LogP contribution in [0.1, 0.15) is 25.8 Å². The first-order chi connectivity index (χ1) is 10.1. The molecular weight excluding hydrogens is 262 g/mol. The van der Waals surface area contributed by atoms with Crippen LogP contribution in [0.2, 0.25) is 0 Å². The van der Waals surface area contributed by atoms with Crippen molar-refractivity contribution in [2.24, 2.45) is 16.6 Å². The number of hydrogen-bond acceptors (Lipinski definition) is 2. The highest BCUT2D eigenvalue weighted by Gasteiger charge is 1.99. The van der Waals surface area contributed by atoms with E-state index < -0.39 is 0 Å². The van der Waals surface area contributed by atoms with Gasteiger partial charge in [0.05, 0.1) is 12.2 Å². The van der Waals surface area contributed by atoms with Crippen molar-refractivity contribution in [2.75, 3.05) is 6.54 Å². The number of nitrogens with zero attached hydrogens (tertiary/aromatic N) is 3. The second-order valence-corrected chi connectivity index (χ2v) is 5.43. The zero-order valence-corrected chi connectivity index (χ0v) is 12.7. The van der Waals surface area contributed by atoms with Gasteiger partial charge in [-0.05, 0) is 36.1 Å². The molecule has 112 valence electrons. The molecule has 5 nitrogen and oxygen atoms in total. The molecule has 0 aliphatic carbocycles. The molecule has 0 saturated heterocycles. The minimum absolute atomic E-state index is 0.500. The molecule has 0 amide bonds. The predicted octanol–water partition coefficient (Wildman–Crippen LogP) is 2.32. The smallest absolute Gasteiger partial charge is 0.188 e. The molecule has 0 unspecified atom stereocenters. The maximum absolute atomic E-state index is 5.86. The third-order valence-electron chi connectivity index (χ3n) is 3.14. The summed E-state index contributed by atoms with van der Waals surface area (Å²) in [4.78, 5) is 4.37. The number of hydrogen-bond donors (Lipinski definition) is 2. The van der Waals surface area contributed by atoms with Gasteiger partial charge in [-0.3, -0.25) is 0 Å². The van der Waals surface area contributed by atoms with E-state index in [0.29, 0.717) is 18.4 Å². The van der Waals surface area contributed by atoms with Crippen LogP contribution in [0.3, 0.4) is 0 Å². The van der Waals surface area contributed by atoms with E-state index in [0.717, 1.165) is 24.2 Å². The van der Waals surface area contributed by atoms with Crippen molar-refractivity contribution in [3.05, 3.63) is 48.3 Å².